The molecule has 0 aliphatic heterocycles. The van der Waals surface area contributed by atoms with Gasteiger partial charge in [0.25, 0.3) is 5.91 Å². The van der Waals surface area contributed by atoms with Crippen molar-refractivity contribution in [2.75, 3.05) is 39.3 Å². The molecule has 26 heavy (non-hydrogen) atoms. The Morgan fingerprint density at radius 3 is 2.27 bits per heavy atom. The average Bonchev–Trinajstić information content (AvgIpc) is 2.70. The minimum Gasteiger partial charge on any atom is -0.497 e. The Bertz CT molecular complexity index is 746. The van der Waals surface area contributed by atoms with E-state index in [0.29, 0.717) is 22.9 Å². The first kappa shape index (κ1) is 19.1. The second-order valence-electron chi connectivity index (χ2n) is 5.40. The maximum Gasteiger partial charge on any atom is 0.258 e. The Hall–Kier alpha value is -3.22. The molecule has 0 aliphatic rings. The van der Waals surface area contributed by atoms with Gasteiger partial charge in [-0.3, -0.25) is 9.59 Å². The molecule has 0 atom stereocenters. The van der Waals surface area contributed by atoms with E-state index in [9.17, 15) is 9.59 Å². The second kappa shape index (κ2) is 9.31. The van der Waals surface area contributed by atoms with Crippen LogP contribution in [0.1, 0.15) is 0 Å². The van der Waals surface area contributed by atoms with E-state index in [4.69, 9.17) is 14.2 Å². The maximum atomic E-state index is 12.2. The van der Waals surface area contributed by atoms with Crippen LogP contribution in [-0.4, -0.2) is 46.2 Å². The number of hydrogen-bond acceptors (Lipinski definition) is 5. The number of rotatable bonds is 8. The molecule has 138 valence electrons. The predicted molar refractivity (Wildman–Crippen MR) is 97.9 cm³/mol. The van der Waals surface area contributed by atoms with Gasteiger partial charge in [-0.1, -0.05) is 6.07 Å². The first-order valence-corrected chi connectivity index (χ1v) is 7.97. The minimum absolute atomic E-state index is 0.122. The van der Waals surface area contributed by atoms with Gasteiger partial charge in [0, 0.05) is 18.8 Å². The minimum atomic E-state index is -0.385. The molecule has 0 saturated heterocycles. The predicted octanol–water partition coefficient (Wildman–Crippen LogP) is 1.86. The van der Waals surface area contributed by atoms with Gasteiger partial charge in [-0.25, -0.2) is 0 Å². The molecule has 0 spiro atoms. The molecular weight excluding hydrogens is 336 g/mol. The summed E-state index contributed by atoms with van der Waals surface area (Å²) in [4.78, 5) is 25.5. The summed E-state index contributed by atoms with van der Waals surface area (Å²) in [5.74, 6) is 1.23. The molecule has 2 aromatic rings. The smallest absolute Gasteiger partial charge is 0.258 e. The molecule has 0 aromatic heterocycles. The molecule has 7 heteroatoms. The third-order valence-corrected chi connectivity index (χ3v) is 3.68. The van der Waals surface area contributed by atoms with Crippen molar-refractivity contribution in [1.82, 2.24) is 5.32 Å². The van der Waals surface area contributed by atoms with E-state index in [1.807, 2.05) is 0 Å². The maximum absolute atomic E-state index is 12.2. The Labute approximate surface area is 152 Å². The summed E-state index contributed by atoms with van der Waals surface area (Å²) in [5.41, 5.74) is 0.706. The van der Waals surface area contributed by atoms with Crippen LogP contribution in [-0.2, 0) is 9.59 Å². The zero-order chi connectivity index (χ0) is 18.9. The summed E-state index contributed by atoms with van der Waals surface area (Å²) < 4.78 is 15.6. The van der Waals surface area contributed by atoms with Gasteiger partial charge in [-0.15, -0.1) is 0 Å². The molecule has 0 bridgehead atoms. The van der Waals surface area contributed by atoms with Crippen molar-refractivity contribution in [2.24, 2.45) is 0 Å². The number of carbonyl (C=O) groups excluding carboxylic acids is 2. The van der Waals surface area contributed by atoms with Crippen LogP contribution >= 0.6 is 0 Å². The first-order chi connectivity index (χ1) is 12.5. The van der Waals surface area contributed by atoms with Crippen LogP contribution in [0.4, 0.5) is 5.69 Å². The van der Waals surface area contributed by atoms with Gasteiger partial charge in [-0.2, -0.15) is 0 Å². The van der Waals surface area contributed by atoms with Gasteiger partial charge in [-0.05, 0) is 36.4 Å². The standard InChI is InChI=1S/C19H22N2O5/c1-21(14-7-9-15(24-2)10-8-14)19(23)12-20-18(22)13-26-17-6-4-5-16(11-17)25-3/h4-11H,12-13H2,1-3H3,(H,20,22). The average molecular weight is 358 g/mol. The highest BCUT2D eigenvalue weighted by atomic mass is 16.5. The number of ether oxygens (including phenoxy) is 3. The van der Waals surface area contributed by atoms with Crippen molar-refractivity contribution < 1.29 is 23.8 Å². The largest absolute Gasteiger partial charge is 0.497 e. The van der Waals surface area contributed by atoms with Crippen LogP contribution in [0.2, 0.25) is 0 Å². The fraction of sp³-hybridized carbons (Fsp3) is 0.263. The SMILES string of the molecule is COc1ccc(N(C)C(=O)CNC(=O)COc2cccc(OC)c2)cc1. The Kier molecular flexibility index (Phi) is 6.84. The molecule has 2 rings (SSSR count). The van der Waals surface area contributed by atoms with Crippen LogP contribution in [0, 0.1) is 0 Å². The summed E-state index contributed by atoms with van der Waals surface area (Å²) in [7, 11) is 4.77. The second-order valence-corrected chi connectivity index (χ2v) is 5.40. The number of likely N-dealkylation sites (N-methyl/N-ethyl adjacent to an activating group) is 1. The topological polar surface area (TPSA) is 77.1 Å². The van der Waals surface area contributed by atoms with E-state index in [0.717, 1.165) is 0 Å². The number of benzene rings is 2. The van der Waals surface area contributed by atoms with Gasteiger partial charge in [0.05, 0.1) is 20.8 Å². The number of methoxy groups -OCH3 is 2. The van der Waals surface area contributed by atoms with Crippen LogP contribution < -0.4 is 24.4 Å². The summed E-state index contributed by atoms with van der Waals surface area (Å²) in [6, 6.07) is 14.0. The molecular formula is C19H22N2O5. The molecule has 2 amide bonds. The molecule has 0 aliphatic carbocycles. The lowest BCUT2D eigenvalue weighted by atomic mass is 10.3. The van der Waals surface area contributed by atoms with Gasteiger partial charge < -0.3 is 24.4 Å². The lowest BCUT2D eigenvalue weighted by Gasteiger charge is -2.18. The molecule has 1 N–H and O–H groups in total. The number of amides is 2. The van der Waals surface area contributed by atoms with Crippen molar-refractivity contribution in [1.29, 1.82) is 0 Å². The summed E-state index contributed by atoms with van der Waals surface area (Å²) in [5, 5.41) is 2.54. The molecule has 0 heterocycles. The van der Waals surface area contributed by atoms with Crippen molar-refractivity contribution in [3.63, 3.8) is 0 Å². The summed E-state index contributed by atoms with van der Waals surface area (Å²) in [6.07, 6.45) is 0. The highest BCUT2D eigenvalue weighted by Crippen LogP contribution is 2.19. The third kappa shape index (κ3) is 5.41. The quantitative estimate of drug-likeness (QED) is 0.779. The Morgan fingerprint density at radius 2 is 1.62 bits per heavy atom. The monoisotopic (exact) mass is 358 g/mol. The van der Waals surface area contributed by atoms with E-state index in [1.54, 1.807) is 69.8 Å². The van der Waals surface area contributed by atoms with Crippen molar-refractivity contribution >= 4 is 17.5 Å². The third-order valence-electron chi connectivity index (χ3n) is 3.68. The van der Waals surface area contributed by atoms with Crippen LogP contribution in [0.3, 0.4) is 0 Å². The zero-order valence-electron chi connectivity index (χ0n) is 15.0. The highest BCUT2D eigenvalue weighted by molar-refractivity contribution is 5.96. The fourth-order valence-corrected chi connectivity index (χ4v) is 2.13. The van der Waals surface area contributed by atoms with Crippen LogP contribution in [0.5, 0.6) is 17.2 Å². The van der Waals surface area contributed by atoms with E-state index in [2.05, 4.69) is 5.32 Å². The molecule has 0 radical (unpaired) electrons. The Morgan fingerprint density at radius 1 is 0.962 bits per heavy atom. The van der Waals surface area contributed by atoms with Gasteiger partial charge in [0.15, 0.2) is 6.61 Å². The van der Waals surface area contributed by atoms with E-state index in [1.165, 1.54) is 4.90 Å². The lowest BCUT2D eigenvalue weighted by Crippen LogP contribution is -2.39. The highest BCUT2D eigenvalue weighted by Gasteiger charge is 2.13. The van der Waals surface area contributed by atoms with Gasteiger partial charge in [0.1, 0.15) is 17.2 Å². The normalized spacial score (nSPS) is 9.96. The zero-order valence-corrected chi connectivity index (χ0v) is 15.0. The van der Waals surface area contributed by atoms with Crippen molar-refractivity contribution in [2.45, 2.75) is 0 Å². The van der Waals surface area contributed by atoms with Crippen molar-refractivity contribution in [3.8, 4) is 17.2 Å². The van der Waals surface area contributed by atoms with Crippen LogP contribution in [0.15, 0.2) is 48.5 Å². The number of nitrogens with zero attached hydrogens (tertiary/aromatic N) is 1. The lowest BCUT2D eigenvalue weighted by molar-refractivity contribution is -0.126. The number of nitrogens with one attached hydrogen (secondary N) is 1. The fourth-order valence-electron chi connectivity index (χ4n) is 2.13. The summed E-state index contributed by atoms with van der Waals surface area (Å²) >= 11 is 0. The number of hydrogen-bond donors (Lipinski definition) is 1. The van der Waals surface area contributed by atoms with E-state index < -0.39 is 0 Å². The Balaban J connectivity index is 1.79. The van der Waals surface area contributed by atoms with Crippen LogP contribution in [0.25, 0.3) is 0 Å². The first-order valence-electron chi connectivity index (χ1n) is 7.97. The molecule has 2 aromatic carbocycles. The van der Waals surface area contributed by atoms with E-state index >= 15 is 0 Å². The van der Waals surface area contributed by atoms with E-state index in [-0.39, 0.29) is 25.0 Å². The van der Waals surface area contributed by atoms with Gasteiger partial charge in [0.2, 0.25) is 5.91 Å². The molecule has 0 fully saturated rings. The molecule has 0 unspecified atom stereocenters. The summed E-state index contributed by atoms with van der Waals surface area (Å²) in [6.45, 7) is -0.310. The molecule has 7 nitrogen and oxygen atoms in total. The number of anilines is 1. The molecule has 0 saturated carbocycles. The van der Waals surface area contributed by atoms with Gasteiger partial charge >= 0.3 is 0 Å². The van der Waals surface area contributed by atoms with Crippen molar-refractivity contribution in [3.05, 3.63) is 48.5 Å². The number of carbonyl (C=O) groups is 2.